The third-order valence-electron chi connectivity index (χ3n) is 11.9. The van der Waals surface area contributed by atoms with E-state index in [1.165, 1.54) is 37.7 Å². The molecule has 0 unspecified atom stereocenters. The van der Waals surface area contributed by atoms with Gasteiger partial charge in [-0.3, -0.25) is 0 Å². The van der Waals surface area contributed by atoms with Gasteiger partial charge in [0.15, 0.2) is 8.32 Å². The maximum Gasteiger partial charge on any atom is 0.193 e. The van der Waals surface area contributed by atoms with E-state index in [0.29, 0.717) is 23.7 Å². The van der Waals surface area contributed by atoms with E-state index in [4.69, 9.17) is 4.43 Å². The van der Waals surface area contributed by atoms with Gasteiger partial charge in [0.05, 0.1) is 11.7 Å². The van der Waals surface area contributed by atoms with Crippen molar-refractivity contribution in [3.63, 3.8) is 0 Å². The summed E-state index contributed by atoms with van der Waals surface area (Å²) in [7, 11) is -2.07. The standard InChI is InChI=1S/C33H58O3SSi/c1-11-23-14-16-26-25-15-13-24-21-33(36-38(9,10)29(2,3)4,37-20-12-18-30(5,6)35)22-28(34)32(24,8)27(25)17-19-31(23,26)7/h13,15,23,26-28,34-35H,11-12,14,16-22H2,1-10H3/t23-,26-,27-,28-,31+,32-,33-/m0/s1. The summed E-state index contributed by atoms with van der Waals surface area (Å²) in [6, 6.07) is 0. The van der Waals surface area contributed by atoms with Crippen LogP contribution in [0.15, 0.2) is 23.3 Å². The molecule has 0 saturated heterocycles. The molecule has 0 aromatic carbocycles. The van der Waals surface area contributed by atoms with Gasteiger partial charge in [0.1, 0.15) is 4.93 Å². The molecule has 3 fully saturated rings. The highest BCUT2D eigenvalue weighted by Gasteiger charge is 2.61. The highest BCUT2D eigenvalue weighted by Crippen LogP contribution is 2.67. The second-order valence-electron chi connectivity index (χ2n) is 15.9. The van der Waals surface area contributed by atoms with Crippen LogP contribution in [0.3, 0.4) is 0 Å². The van der Waals surface area contributed by atoms with E-state index in [2.05, 4.69) is 66.8 Å². The summed E-state index contributed by atoms with van der Waals surface area (Å²) in [5.41, 5.74) is 2.66. The average molecular weight is 563 g/mol. The quantitative estimate of drug-likeness (QED) is 0.176. The number of aliphatic hydroxyl groups is 2. The van der Waals surface area contributed by atoms with Gasteiger partial charge in [-0.25, -0.2) is 0 Å². The molecule has 0 bridgehead atoms. The molecule has 0 aromatic rings. The molecule has 4 rings (SSSR count). The van der Waals surface area contributed by atoms with Gasteiger partial charge in [0, 0.05) is 18.3 Å². The minimum absolute atomic E-state index is 0.111. The summed E-state index contributed by atoms with van der Waals surface area (Å²) in [6.07, 6.45) is 14.3. The number of rotatable bonds is 8. The number of allylic oxidation sites excluding steroid dienone is 3. The molecular weight excluding hydrogens is 505 g/mol. The zero-order chi connectivity index (χ0) is 28.4. The summed E-state index contributed by atoms with van der Waals surface area (Å²) in [5.74, 6) is 2.92. The van der Waals surface area contributed by atoms with Gasteiger partial charge in [-0.15, -0.1) is 11.8 Å². The van der Waals surface area contributed by atoms with Gasteiger partial charge in [-0.1, -0.05) is 71.3 Å². The van der Waals surface area contributed by atoms with Crippen LogP contribution in [0, 0.1) is 28.6 Å². The second-order valence-corrected chi connectivity index (χ2v) is 22.1. The molecule has 0 spiro atoms. The molecule has 7 atom stereocenters. The van der Waals surface area contributed by atoms with Crippen molar-refractivity contribution in [3.8, 4) is 0 Å². The molecule has 38 heavy (non-hydrogen) atoms. The molecule has 0 aromatic heterocycles. The Balaban J connectivity index is 1.66. The minimum atomic E-state index is -2.07. The van der Waals surface area contributed by atoms with Gasteiger partial charge in [0.2, 0.25) is 0 Å². The highest BCUT2D eigenvalue weighted by molar-refractivity contribution is 8.00. The lowest BCUT2D eigenvalue weighted by Gasteiger charge is -2.59. The number of thioether (sulfide) groups is 1. The highest BCUT2D eigenvalue weighted by atomic mass is 32.2. The molecule has 0 aliphatic heterocycles. The molecule has 0 radical (unpaired) electrons. The zero-order valence-corrected chi connectivity index (χ0v) is 28.1. The Morgan fingerprint density at radius 3 is 2.34 bits per heavy atom. The van der Waals surface area contributed by atoms with E-state index in [1.807, 2.05) is 25.6 Å². The van der Waals surface area contributed by atoms with Gasteiger partial charge >= 0.3 is 0 Å². The summed E-state index contributed by atoms with van der Waals surface area (Å²) in [4.78, 5) is -0.400. The molecule has 218 valence electrons. The normalized spacial score (nSPS) is 39.7. The Hall–Kier alpha value is -0.0731. The number of hydrogen-bond acceptors (Lipinski definition) is 4. The first kappa shape index (κ1) is 30.9. The van der Waals surface area contributed by atoms with E-state index < -0.39 is 25.0 Å². The molecule has 4 aliphatic rings. The molecule has 0 amide bonds. The van der Waals surface area contributed by atoms with Crippen LogP contribution in [-0.2, 0) is 4.43 Å². The summed E-state index contributed by atoms with van der Waals surface area (Å²) in [5, 5.41) is 22.5. The Labute approximate surface area is 239 Å². The van der Waals surface area contributed by atoms with E-state index in [1.54, 1.807) is 5.57 Å². The van der Waals surface area contributed by atoms with Crippen LogP contribution in [0.25, 0.3) is 0 Å². The number of aliphatic hydroxyl groups excluding tert-OH is 1. The van der Waals surface area contributed by atoms with Crippen LogP contribution in [0.5, 0.6) is 0 Å². The van der Waals surface area contributed by atoms with Crippen molar-refractivity contribution in [2.24, 2.45) is 28.6 Å². The fraction of sp³-hybridized carbons (Fsp3) is 0.879. The van der Waals surface area contributed by atoms with Gasteiger partial charge < -0.3 is 14.6 Å². The largest absolute Gasteiger partial charge is 0.402 e. The van der Waals surface area contributed by atoms with Crippen molar-refractivity contribution in [1.29, 1.82) is 0 Å². The van der Waals surface area contributed by atoms with E-state index in [9.17, 15) is 10.2 Å². The predicted octanol–water partition coefficient (Wildman–Crippen LogP) is 8.87. The monoisotopic (exact) mass is 562 g/mol. The van der Waals surface area contributed by atoms with Gasteiger partial charge in [-0.2, -0.15) is 0 Å². The summed E-state index contributed by atoms with van der Waals surface area (Å²) in [6.45, 7) is 22.8. The first-order valence-electron chi connectivity index (χ1n) is 15.5. The molecule has 2 N–H and O–H groups in total. The summed E-state index contributed by atoms with van der Waals surface area (Å²) >= 11 is 1.91. The van der Waals surface area contributed by atoms with E-state index >= 15 is 0 Å². The Bertz CT molecular complexity index is 943. The molecular formula is C33H58O3SSi. The van der Waals surface area contributed by atoms with Crippen molar-refractivity contribution in [3.05, 3.63) is 23.3 Å². The van der Waals surface area contributed by atoms with E-state index in [-0.39, 0.29) is 10.5 Å². The lowest BCUT2D eigenvalue weighted by atomic mass is 9.49. The molecule has 4 aliphatic carbocycles. The second kappa shape index (κ2) is 10.3. The first-order chi connectivity index (χ1) is 17.4. The maximum atomic E-state index is 12.1. The van der Waals surface area contributed by atoms with E-state index in [0.717, 1.165) is 30.9 Å². The molecule has 3 nitrogen and oxygen atoms in total. The van der Waals surface area contributed by atoms with Crippen LogP contribution in [0.1, 0.15) is 113 Å². The molecule has 3 saturated carbocycles. The Morgan fingerprint density at radius 2 is 1.74 bits per heavy atom. The van der Waals surface area contributed by atoms with Crippen molar-refractivity contribution in [2.75, 3.05) is 5.75 Å². The molecule has 0 heterocycles. The van der Waals surface area contributed by atoms with Crippen LogP contribution in [0.2, 0.25) is 18.1 Å². The van der Waals surface area contributed by atoms with Crippen molar-refractivity contribution in [1.82, 2.24) is 0 Å². The van der Waals surface area contributed by atoms with Crippen LogP contribution in [0.4, 0.5) is 0 Å². The van der Waals surface area contributed by atoms with Crippen LogP contribution < -0.4 is 0 Å². The lowest BCUT2D eigenvalue weighted by Crippen LogP contribution is -2.58. The first-order valence-corrected chi connectivity index (χ1v) is 19.4. The maximum absolute atomic E-state index is 12.1. The van der Waals surface area contributed by atoms with Crippen molar-refractivity contribution in [2.45, 2.75) is 148 Å². The van der Waals surface area contributed by atoms with Crippen molar-refractivity contribution < 1.29 is 14.6 Å². The fourth-order valence-electron chi connectivity index (χ4n) is 8.41. The van der Waals surface area contributed by atoms with Crippen LogP contribution >= 0.6 is 11.8 Å². The topological polar surface area (TPSA) is 49.7 Å². The average Bonchev–Trinajstić information content (AvgIpc) is 3.13. The van der Waals surface area contributed by atoms with Crippen molar-refractivity contribution >= 4 is 20.1 Å². The number of fused-ring (bicyclic) bond motifs is 5. The fourth-order valence-corrected chi connectivity index (χ4v) is 11.9. The molecule has 5 heteroatoms. The Kier molecular flexibility index (Phi) is 8.39. The lowest BCUT2D eigenvalue weighted by molar-refractivity contribution is -0.0593. The van der Waals surface area contributed by atoms with Gasteiger partial charge in [0.25, 0.3) is 0 Å². The smallest absolute Gasteiger partial charge is 0.193 e. The van der Waals surface area contributed by atoms with Crippen LogP contribution in [-0.4, -0.2) is 40.9 Å². The Morgan fingerprint density at radius 1 is 1.05 bits per heavy atom. The third-order valence-corrected chi connectivity index (χ3v) is 18.0. The third kappa shape index (κ3) is 5.42. The number of hydrogen-bond donors (Lipinski definition) is 2. The predicted molar refractivity (Wildman–Crippen MR) is 166 cm³/mol. The SMILES string of the molecule is CC[C@H]1CC[C@H]2C3=CC=C4C[C@](O[Si](C)(C)C(C)(C)C)(SCCCC(C)(C)O)C[C@H](O)[C@]4(C)[C@H]3CC[C@]12C. The zero-order valence-electron chi connectivity index (χ0n) is 26.2. The minimum Gasteiger partial charge on any atom is -0.402 e. The summed E-state index contributed by atoms with van der Waals surface area (Å²) < 4.78 is 7.30. The van der Waals surface area contributed by atoms with Gasteiger partial charge in [-0.05, 0) is 99.4 Å².